The quantitative estimate of drug-likeness (QED) is 0.822. The van der Waals surface area contributed by atoms with Crippen molar-refractivity contribution in [1.29, 1.82) is 0 Å². The van der Waals surface area contributed by atoms with Crippen molar-refractivity contribution in [2.75, 3.05) is 12.8 Å². The monoisotopic (exact) mass is 242 g/mol. The van der Waals surface area contributed by atoms with Gasteiger partial charge in [0.2, 0.25) is 5.13 Å². The molecule has 1 aromatic rings. The molecule has 2 rings (SSSR count). The van der Waals surface area contributed by atoms with Gasteiger partial charge in [0, 0.05) is 6.04 Å². The van der Waals surface area contributed by atoms with E-state index < -0.39 is 0 Å². The van der Waals surface area contributed by atoms with Crippen LogP contribution in [0.3, 0.4) is 0 Å². The van der Waals surface area contributed by atoms with Gasteiger partial charge < -0.3 is 10.8 Å². The van der Waals surface area contributed by atoms with Gasteiger partial charge >= 0.3 is 0 Å². The van der Waals surface area contributed by atoms with E-state index in [2.05, 4.69) is 15.1 Å². The molecule has 6 heteroatoms. The number of nitrogens with zero attached hydrogens (tertiary/aromatic N) is 3. The normalized spacial score (nSPS) is 26.2. The van der Waals surface area contributed by atoms with Crippen molar-refractivity contribution in [2.45, 2.75) is 44.4 Å². The Kier molecular flexibility index (Phi) is 3.73. The number of hydrogen-bond donors (Lipinski definition) is 2. The zero-order valence-corrected chi connectivity index (χ0v) is 10.3. The van der Waals surface area contributed by atoms with Crippen molar-refractivity contribution in [3.05, 3.63) is 5.01 Å². The van der Waals surface area contributed by atoms with Gasteiger partial charge in [0.25, 0.3) is 0 Å². The first kappa shape index (κ1) is 11.8. The van der Waals surface area contributed by atoms with Crippen LogP contribution in [0.25, 0.3) is 0 Å². The molecule has 1 aliphatic carbocycles. The molecular weight excluding hydrogens is 224 g/mol. The fourth-order valence-electron chi connectivity index (χ4n) is 2.27. The highest BCUT2D eigenvalue weighted by Crippen LogP contribution is 2.24. The molecule has 1 heterocycles. The van der Waals surface area contributed by atoms with E-state index in [0.717, 1.165) is 30.8 Å². The lowest BCUT2D eigenvalue weighted by Crippen LogP contribution is -2.42. The lowest BCUT2D eigenvalue weighted by Gasteiger charge is -2.34. The van der Waals surface area contributed by atoms with Crippen LogP contribution in [0.15, 0.2) is 0 Å². The summed E-state index contributed by atoms with van der Waals surface area (Å²) in [5, 5.41) is 19.1. The summed E-state index contributed by atoms with van der Waals surface area (Å²) in [6, 6.07) is 0.249. The number of aliphatic hydroxyl groups excluding tert-OH is 1. The fourth-order valence-corrected chi connectivity index (χ4v) is 2.94. The molecule has 3 N–H and O–H groups in total. The highest BCUT2D eigenvalue weighted by molar-refractivity contribution is 7.15. The lowest BCUT2D eigenvalue weighted by atomic mass is 9.92. The number of likely N-dealkylation sites (N-methyl/N-ethyl adjacent to an activating group) is 1. The van der Waals surface area contributed by atoms with Gasteiger partial charge in [-0.2, -0.15) is 0 Å². The van der Waals surface area contributed by atoms with E-state index >= 15 is 0 Å². The number of nitrogens with two attached hydrogens (primary N) is 1. The third-order valence-electron chi connectivity index (χ3n) is 3.13. The summed E-state index contributed by atoms with van der Waals surface area (Å²) in [4.78, 5) is 2.16. The third-order valence-corrected chi connectivity index (χ3v) is 3.86. The molecule has 1 fully saturated rings. The SMILES string of the molecule is CN(Cc1nnc(N)s1)C1CCCCC1O. The Morgan fingerprint density at radius 3 is 2.81 bits per heavy atom. The second-order valence-corrected chi connectivity index (χ2v) is 5.46. The van der Waals surface area contributed by atoms with Crippen molar-refractivity contribution in [3.8, 4) is 0 Å². The van der Waals surface area contributed by atoms with Crippen LogP contribution in [0, 0.1) is 0 Å². The number of rotatable bonds is 3. The first-order valence-electron chi connectivity index (χ1n) is 5.63. The molecule has 2 unspecified atom stereocenters. The Bertz CT molecular complexity index is 343. The van der Waals surface area contributed by atoms with Gasteiger partial charge in [-0.1, -0.05) is 24.2 Å². The van der Waals surface area contributed by atoms with Gasteiger partial charge in [0.15, 0.2) is 0 Å². The van der Waals surface area contributed by atoms with Crippen LogP contribution in [-0.2, 0) is 6.54 Å². The molecule has 0 radical (unpaired) electrons. The standard InChI is InChI=1S/C10H18N4OS/c1-14(6-9-12-13-10(11)16-9)7-4-2-3-5-8(7)15/h7-8,15H,2-6H2,1H3,(H2,11,13). The van der Waals surface area contributed by atoms with Crippen LogP contribution < -0.4 is 5.73 Å². The Hall–Kier alpha value is -0.720. The van der Waals surface area contributed by atoms with E-state index in [1.807, 2.05) is 7.05 Å². The zero-order chi connectivity index (χ0) is 11.5. The summed E-state index contributed by atoms with van der Waals surface area (Å²) >= 11 is 1.41. The summed E-state index contributed by atoms with van der Waals surface area (Å²) in [5.41, 5.74) is 5.54. The summed E-state index contributed by atoms with van der Waals surface area (Å²) < 4.78 is 0. The zero-order valence-electron chi connectivity index (χ0n) is 9.46. The van der Waals surface area contributed by atoms with Gasteiger partial charge in [-0.05, 0) is 19.9 Å². The lowest BCUT2D eigenvalue weighted by molar-refractivity contribution is 0.0287. The van der Waals surface area contributed by atoms with Crippen LogP contribution in [0.5, 0.6) is 0 Å². The Morgan fingerprint density at radius 1 is 1.44 bits per heavy atom. The molecule has 0 aliphatic heterocycles. The molecule has 0 aromatic carbocycles. The summed E-state index contributed by atoms with van der Waals surface area (Å²) in [6.07, 6.45) is 4.10. The highest BCUT2D eigenvalue weighted by Gasteiger charge is 2.26. The molecule has 1 aliphatic rings. The average Bonchev–Trinajstić information content (AvgIpc) is 2.64. The number of aliphatic hydroxyl groups is 1. The summed E-state index contributed by atoms with van der Waals surface area (Å²) in [5.74, 6) is 0. The molecule has 0 saturated heterocycles. The minimum atomic E-state index is -0.205. The van der Waals surface area contributed by atoms with Crippen LogP contribution in [0.1, 0.15) is 30.7 Å². The molecule has 1 saturated carbocycles. The molecule has 2 atom stereocenters. The largest absolute Gasteiger partial charge is 0.391 e. The van der Waals surface area contributed by atoms with Gasteiger partial charge in [-0.3, -0.25) is 4.90 Å². The van der Waals surface area contributed by atoms with E-state index in [-0.39, 0.29) is 12.1 Å². The molecular formula is C10H18N4OS. The first-order valence-corrected chi connectivity index (χ1v) is 6.44. The first-order chi connectivity index (χ1) is 7.66. The smallest absolute Gasteiger partial charge is 0.203 e. The summed E-state index contributed by atoms with van der Waals surface area (Å²) in [6.45, 7) is 0.719. The summed E-state index contributed by atoms with van der Waals surface area (Å²) in [7, 11) is 2.02. The van der Waals surface area contributed by atoms with E-state index in [1.165, 1.54) is 17.8 Å². The second-order valence-electron chi connectivity index (χ2n) is 4.37. The Morgan fingerprint density at radius 2 is 2.19 bits per heavy atom. The number of anilines is 1. The van der Waals surface area contributed by atoms with Crippen molar-refractivity contribution in [2.24, 2.45) is 0 Å². The van der Waals surface area contributed by atoms with Gasteiger partial charge in [0.05, 0.1) is 12.6 Å². The van der Waals surface area contributed by atoms with Crippen LogP contribution in [0.2, 0.25) is 0 Å². The minimum Gasteiger partial charge on any atom is -0.391 e. The third kappa shape index (κ3) is 2.69. The van der Waals surface area contributed by atoms with Gasteiger partial charge in [-0.15, -0.1) is 10.2 Å². The maximum Gasteiger partial charge on any atom is 0.203 e. The molecule has 0 amide bonds. The van der Waals surface area contributed by atoms with E-state index in [1.54, 1.807) is 0 Å². The molecule has 0 spiro atoms. The number of hydrogen-bond acceptors (Lipinski definition) is 6. The number of aromatic nitrogens is 2. The highest BCUT2D eigenvalue weighted by atomic mass is 32.1. The molecule has 1 aromatic heterocycles. The predicted octanol–water partition coefficient (Wildman–Crippen LogP) is 0.856. The van der Waals surface area contributed by atoms with Gasteiger partial charge in [-0.25, -0.2) is 0 Å². The number of nitrogen functional groups attached to an aromatic ring is 1. The van der Waals surface area contributed by atoms with Crippen molar-refractivity contribution >= 4 is 16.5 Å². The molecule has 90 valence electrons. The van der Waals surface area contributed by atoms with Gasteiger partial charge in [0.1, 0.15) is 5.01 Å². The fraction of sp³-hybridized carbons (Fsp3) is 0.800. The van der Waals surface area contributed by atoms with E-state index in [0.29, 0.717) is 5.13 Å². The molecule has 5 nitrogen and oxygen atoms in total. The van der Waals surface area contributed by atoms with E-state index in [4.69, 9.17) is 5.73 Å². The van der Waals surface area contributed by atoms with Crippen molar-refractivity contribution in [3.63, 3.8) is 0 Å². The predicted molar refractivity (Wildman–Crippen MR) is 64.1 cm³/mol. The van der Waals surface area contributed by atoms with Crippen LogP contribution in [-0.4, -0.2) is 39.4 Å². The van der Waals surface area contributed by atoms with E-state index in [9.17, 15) is 5.11 Å². The van der Waals surface area contributed by atoms with Crippen molar-refractivity contribution < 1.29 is 5.11 Å². The average molecular weight is 242 g/mol. The molecule has 0 bridgehead atoms. The van der Waals surface area contributed by atoms with Crippen LogP contribution in [0.4, 0.5) is 5.13 Å². The Balaban J connectivity index is 1.93. The second kappa shape index (κ2) is 5.07. The Labute approximate surface area is 99.3 Å². The topological polar surface area (TPSA) is 75.3 Å². The maximum atomic E-state index is 9.92. The maximum absolute atomic E-state index is 9.92. The van der Waals surface area contributed by atoms with Crippen molar-refractivity contribution in [1.82, 2.24) is 15.1 Å². The molecule has 16 heavy (non-hydrogen) atoms. The minimum absolute atomic E-state index is 0.205. The van der Waals surface area contributed by atoms with Crippen LogP contribution >= 0.6 is 11.3 Å².